The first kappa shape index (κ1) is 16.9. The summed E-state index contributed by atoms with van der Waals surface area (Å²) >= 11 is 3.32. The summed E-state index contributed by atoms with van der Waals surface area (Å²) in [6, 6.07) is 2.27. The highest BCUT2D eigenvalue weighted by molar-refractivity contribution is 9.09. The molecule has 1 unspecified atom stereocenters. The molecule has 0 spiro atoms. The second-order valence-electron chi connectivity index (χ2n) is 4.49. The quantitative estimate of drug-likeness (QED) is 0.588. The van der Waals surface area contributed by atoms with Gasteiger partial charge in [0, 0.05) is 24.0 Å². The minimum Gasteiger partial charge on any atom is -0.342 e. The van der Waals surface area contributed by atoms with Crippen LogP contribution in [0.2, 0.25) is 0 Å². The Hall–Kier alpha value is -1.11. The van der Waals surface area contributed by atoms with Gasteiger partial charge in [-0.25, -0.2) is 4.39 Å². The van der Waals surface area contributed by atoms with Crippen LogP contribution in [0, 0.1) is 5.82 Å². The Balaban J connectivity index is 2.94. The summed E-state index contributed by atoms with van der Waals surface area (Å²) in [6.45, 7) is 2.29. The van der Waals surface area contributed by atoms with E-state index >= 15 is 0 Å². The molecule has 1 rings (SSSR count). The van der Waals surface area contributed by atoms with Crippen molar-refractivity contribution in [2.24, 2.45) is 0 Å². The highest BCUT2D eigenvalue weighted by Gasteiger charge is 2.34. The number of carbonyl (C=O) groups excluding carboxylic acids is 1. The first-order chi connectivity index (χ1) is 9.12. The van der Waals surface area contributed by atoms with Gasteiger partial charge in [-0.3, -0.25) is 4.79 Å². The van der Waals surface area contributed by atoms with Gasteiger partial charge in [0.25, 0.3) is 5.91 Å². The molecule has 0 aliphatic carbocycles. The van der Waals surface area contributed by atoms with Crippen molar-refractivity contribution < 1.29 is 22.4 Å². The van der Waals surface area contributed by atoms with Crippen molar-refractivity contribution in [1.82, 2.24) is 4.90 Å². The minimum absolute atomic E-state index is 0.177. The van der Waals surface area contributed by atoms with Crippen molar-refractivity contribution in [3.8, 4) is 0 Å². The first-order valence-electron chi connectivity index (χ1n) is 5.89. The zero-order chi connectivity index (χ0) is 15.5. The molecule has 0 N–H and O–H groups in total. The smallest absolute Gasteiger partial charge is 0.342 e. The van der Waals surface area contributed by atoms with Crippen molar-refractivity contribution in [1.29, 1.82) is 0 Å². The predicted molar refractivity (Wildman–Crippen MR) is 71.4 cm³/mol. The summed E-state index contributed by atoms with van der Waals surface area (Å²) in [4.78, 5) is 13.5. The summed E-state index contributed by atoms with van der Waals surface area (Å²) in [5, 5.41) is 0. The molecule has 0 radical (unpaired) electrons. The van der Waals surface area contributed by atoms with Crippen LogP contribution >= 0.6 is 15.9 Å². The van der Waals surface area contributed by atoms with Crippen LogP contribution in [-0.2, 0) is 6.18 Å². The van der Waals surface area contributed by atoms with E-state index in [-0.39, 0.29) is 10.4 Å². The molecule has 0 aliphatic heterocycles. The molecule has 1 amide bonds. The normalized spacial score (nSPS) is 13.2. The average molecular weight is 356 g/mol. The van der Waals surface area contributed by atoms with Gasteiger partial charge >= 0.3 is 6.18 Å². The molecule has 0 bridgehead atoms. The number of hydrogen-bond donors (Lipinski definition) is 0. The lowest BCUT2D eigenvalue weighted by Gasteiger charge is -2.18. The van der Waals surface area contributed by atoms with Crippen LogP contribution in [0.25, 0.3) is 0 Å². The zero-order valence-corrected chi connectivity index (χ0v) is 12.6. The fraction of sp³-hybridized carbons (Fsp3) is 0.462. The van der Waals surface area contributed by atoms with Gasteiger partial charge in [0.05, 0.1) is 5.56 Å². The van der Waals surface area contributed by atoms with E-state index in [1.165, 1.54) is 11.9 Å². The lowest BCUT2D eigenvalue weighted by atomic mass is 10.1. The number of nitrogens with zero attached hydrogens (tertiary/aromatic N) is 1. The van der Waals surface area contributed by atoms with Crippen LogP contribution in [0.5, 0.6) is 0 Å². The molecule has 0 heterocycles. The summed E-state index contributed by atoms with van der Waals surface area (Å²) in [5.41, 5.74) is -1.60. The van der Waals surface area contributed by atoms with Gasteiger partial charge in [0.1, 0.15) is 5.82 Å². The van der Waals surface area contributed by atoms with Crippen LogP contribution in [0.15, 0.2) is 18.2 Å². The van der Waals surface area contributed by atoms with E-state index in [1.807, 2.05) is 6.92 Å². The van der Waals surface area contributed by atoms with Crippen molar-refractivity contribution in [3.05, 3.63) is 35.1 Å². The van der Waals surface area contributed by atoms with E-state index in [0.29, 0.717) is 25.1 Å². The molecule has 20 heavy (non-hydrogen) atoms. The van der Waals surface area contributed by atoms with E-state index < -0.39 is 23.5 Å². The van der Waals surface area contributed by atoms with E-state index in [2.05, 4.69) is 15.9 Å². The SMILES string of the molecule is CC(Br)CCN(C)C(=O)c1ccc(F)c(C(F)(F)F)c1. The van der Waals surface area contributed by atoms with Gasteiger partial charge in [0.15, 0.2) is 0 Å². The van der Waals surface area contributed by atoms with Crippen molar-refractivity contribution >= 4 is 21.8 Å². The molecular formula is C13H14BrF4NO. The van der Waals surface area contributed by atoms with Crippen molar-refractivity contribution in [2.45, 2.75) is 24.3 Å². The molecule has 2 nitrogen and oxygen atoms in total. The molecule has 0 fully saturated rings. The van der Waals surface area contributed by atoms with Crippen LogP contribution < -0.4 is 0 Å². The van der Waals surface area contributed by atoms with Crippen LogP contribution in [-0.4, -0.2) is 29.2 Å². The van der Waals surface area contributed by atoms with Gasteiger partial charge in [-0.05, 0) is 24.6 Å². The largest absolute Gasteiger partial charge is 0.419 e. The fourth-order valence-electron chi connectivity index (χ4n) is 1.57. The van der Waals surface area contributed by atoms with Crippen molar-refractivity contribution in [2.75, 3.05) is 13.6 Å². The fourth-order valence-corrected chi connectivity index (χ4v) is 1.77. The number of rotatable bonds is 4. The molecule has 0 saturated heterocycles. The maximum absolute atomic E-state index is 13.1. The van der Waals surface area contributed by atoms with Gasteiger partial charge in [-0.1, -0.05) is 22.9 Å². The monoisotopic (exact) mass is 355 g/mol. The second kappa shape index (κ2) is 6.56. The third-order valence-corrected chi connectivity index (χ3v) is 3.19. The Bertz CT molecular complexity index is 488. The molecule has 1 aromatic carbocycles. The van der Waals surface area contributed by atoms with Crippen LogP contribution in [0.4, 0.5) is 17.6 Å². The van der Waals surface area contributed by atoms with Gasteiger partial charge in [-0.2, -0.15) is 13.2 Å². The van der Waals surface area contributed by atoms with Gasteiger partial charge in [0.2, 0.25) is 0 Å². The Kier molecular flexibility index (Phi) is 5.56. The van der Waals surface area contributed by atoms with E-state index in [9.17, 15) is 22.4 Å². The number of alkyl halides is 4. The lowest BCUT2D eigenvalue weighted by molar-refractivity contribution is -0.140. The molecule has 1 aromatic rings. The number of benzene rings is 1. The highest BCUT2D eigenvalue weighted by Crippen LogP contribution is 2.32. The second-order valence-corrected chi connectivity index (χ2v) is 6.05. The van der Waals surface area contributed by atoms with E-state index in [1.54, 1.807) is 0 Å². The predicted octanol–water partition coefficient (Wildman–Crippen LogP) is 4.09. The number of amides is 1. The molecule has 112 valence electrons. The minimum atomic E-state index is -4.82. The standard InChI is InChI=1S/C13H14BrF4NO/c1-8(14)5-6-19(2)12(20)9-3-4-11(15)10(7-9)13(16,17)18/h3-4,7-8H,5-6H2,1-2H3. The molecule has 7 heteroatoms. The number of halogens is 5. The zero-order valence-electron chi connectivity index (χ0n) is 11.0. The Labute approximate surface area is 122 Å². The lowest BCUT2D eigenvalue weighted by Crippen LogP contribution is -2.29. The van der Waals surface area contributed by atoms with Gasteiger partial charge in [-0.15, -0.1) is 0 Å². The molecule has 0 aromatic heterocycles. The highest BCUT2D eigenvalue weighted by atomic mass is 79.9. The van der Waals surface area contributed by atoms with E-state index in [4.69, 9.17) is 0 Å². The molecular weight excluding hydrogens is 342 g/mol. The first-order valence-corrected chi connectivity index (χ1v) is 6.80. The van der Waals surface area contributed by atoms with Crippen molar-refractivity contribution in [3.63, 3.8) is 0 Å². The third kappa shape index (κ3) is 4.47. The summed E-state index contributed by atoms with van der Waals surface area (Å²) in [6.07, 6.45) is -4.15. The number of hydrogen-bond acceptors (Lipinski definition) is 1. The van der Waals surface area contributed by atoms with Crippen LogP contribution in [0.3, 0.4) is 0 Å². The Morgan fingerprint density at radius 3 is 2.50 bits per heavy atom. The summed E-state index contributed by atoms with van der Waals surface area (Å²) in [7, 11) is 1.49. The molecule has 0 aliphatic rings. The topological polar surface area (TPSA) is 20.3 Å². The molecule has 1 atom stereocenters. The van der Waals surface area contributed by atoms with Crippen LogP contribution in [0.1, 0.15) is 29.3 Å². The average Bonchev–Trinajstić information content (AvgIpc) is 2.34. The Morgan fingerprint density at radius 2 is 2.00 bits per heavy atom. The maximum atomic E-state index is 13.1. The molecule has 0 saturated carbocycles. The van der Waals surface area contributed by atoms with Gasteiger partial charge < -0.3 is 4.90 Å². The third-order valence-electron chi connectivity index (χ3n) is 2.73. The number of carbonyl (C=O) groups is 1. The Morgan fingerprint density at radius 1 is 1.40 bits per heavy atom. The summed E-state index contributed by atoms with van der Waals surface area (Å²) < 4.78 is 50.9. The van der Waals surface area contributed by atoms with E-state index in [0.717, 1.165) is 6.07 Å². The summed E-state index contributed by atoms with van der Waals surface area (Å²) in [5.74, 6) is -1.95. The maximum Gasteiger partial charge on any atom is 0.419 e.